The molecule has 2 heterocycles. The molecule has 0 aliphatic carbocycles. The highest BCUT2D eigenvalue weighted by atomic mass is 35.5. The largest absolute Gasteiger partial charge is 0.356 e. The van der Waals surface area contributed by atoms with Crippen LogP contribution < -0.4 is 10.6 Å². The van der Waals surface area contributed by atoms with E-state index in [1.165, 1.54) is 45.3 Å². The lowest BCUT2D eigenvalue weighted by atomic mass is 9.84. The van der Waals surface area contributed by atoms with Crippen LogP contribution in [0.3, 0.4) is 0 Å². The quantitative estimate of drug-likeness (QED) is 0.711. The number of piperidine rings is 2. The Balaban J connectivity index is 0.00000264. The Morgan fingerprint density at radius 3 is 2.38 bits per heavy atom. The number of hydrogen-bond acceptors (Lipinski definition) is 3. The number of nitrogens with one attached hydrogen (secondary N) is 2. The molecule has 0 aromatic carbocycles. The smallest absolute Gasteiger partial charge is 0.220 e. The third-order valence-corrected chi connectivity index (χ3v) is 5.73. The van der Waals surface area contributed by atoms with Crippen LogP contribution in [0.2, 0.25) is 0 Å². The summed E-state index contributed by atoms with van der Waals surface area (Å²) >= 11 is 0. The molecular weight excluding hydrogens is 345 g/mol. The van der Waals surface area contributed by atoms with Gasteiger partial charge < -0.3 is 15.5 Å². The Morgan fingerprint density at radius 2 is 1.79 bits per heavy atom. The van der Waals surface area contributed by atoms with E-state index in [9.17, 15) is 4.79 Å². The zero-order valence-electron chi connectivity index (χ0n) is 15.4. The minimum Gasteiger partial charge on any atom is -0.356 e. The van der Waals surface area contributed by atoms with E-state index in [0.717, 1.165) is 37.9 Å². The second-order valence-electron chi connectivity index (χ2n) is 7.29. The molecule has 1 amide bonds. The first-order valence-corrected chi connectivity index (χ1v) is 9.38. The first kappa shape index (κ1) is 24.0. The van der Waals surface area contributed by atoms with E-state index in [1.54, 1.807) is 0 Å². The number of nitrogens with zero attached hydrogens (tertiary/aromatic N) is 1. The van der Waals surface area contributed by atoms with E-state index in [0.29, 0.717) is 12.3 Å². The van der Waals surface area contributed by atoms with Crippen molar-refractivity contribution < 1.29 is 4.79 Å². The molecule has 0 saturated carbocycles. The maximum Gasteiger partial charge on any atom is 0.220 e. The predicted octanol–water partition coefficient (Wildman–Crippen LogP) is 3.09. The van der Waals surface area contributed by atoms with Crippen LogP contribution in [0.5, 0.6) is 0 Å². The molecule has 6 heteroatoms. The summed E-state index contributed by atoms with van der Waals surface area (Å²) in [5.41, 5.74) is 0. The van der Waals surface area contributed by atoms with Gasteiger partial charge >= 0.3 is 0 Å². The van der Waals surface area contributed by atoms with Gasteiger partial charge in [-0.2, -0.15) is 0 Å². The van der Waals surface area contributed by atoms with Crippen molar-refractivity contribution in [1.29, 1.82) is 0 Å². The fourth-order valence-corrected chi connectivity index (χ4v) is 3.95. The number of rotatable bonds is 7. The number of likely N-dealkylation sites (tertiary alicyclic amines) is 1. The lowest BCUT2D eigenvalue weighted by Gasteiger charge is -2.31. The highest BCUT2D eigenvalue weighted by molar-refractivity contribution is 5.85. The SMILES string of the molecule is CCN1CCC(CCNC(=O)CC(C)C2CCNCC2)CC1.Cl.Cl. The molecule has 0 aromatic heterocycles. The minimum atomic E-state index is 0. The highest BCUT2D eigenvalue weighted by Crippen LogP contribution is 2.24. The summed E-state index contributed by atoms with van der Waals surface area (Å²) < 4.78 is 0. The van der Waals surface area contributed by atoms with Gasteiger partial charge in [0.1, 0.15) is 0 Å². The van der Waals surface area contributed by atoms with Crippen molar-refractivity contribution in [3.8, 4) is 0 Å². The molecular formula is C18H37Cl2N3O. The molecule has 1 atom stereocenters. The van der Waals surface area contributed by atoms with Crippen LogP contribution in [-0.4, -0.2) is 50.1 Å². The Kier molecular flexibility index (Phi) is 13.2. The van der Waals surface area contributed by atoms with Crippen LogP contribution in [-0.2, 0) is 4.79 Å². The number of amides is 1. The van der Waals surface area contributed by atoms with Crippen LogP contribution in [0.15, 0.2) is 0 Å². The van der Waals surface area contributed by atoms with Gasteiger partial charge in [0.05, 0.1) is 0 Å². The zero-order valence-corrected chi connectivity index (χ0v) is 17.0. The summed E-state index contributed by atoms with van der Waals surface area (Å²) in [6.45, 7) is 11.2. The average Bonchev–Trinajstić information content (AvgIpc) is 2.56. The van der Waals surface area contributed by atoms with Crippen molar-refractivity contribution in [1.82, 2.24) is 15.5 Å². The standard InChI is InChI=1S/C18H35N3O.2ClH/c1-3-21-12-7-16(8-13-21)4-11-20-18(22)14-15(2)17-5-9-19-10-6-17;;/h15-17,19H,3-14H2,1-2H3,(H,20,22);2*1H. The molecule has 4 nitrogen and oxygen atoms in total. The molecule has 0 radical (unpaired) electrons. The molecule has 0 bridgehead atoms. The summed E-state index contributed by atoms with van der Waals surface area (Å²) in [6.07, 6.45) is 6.92. The van der Waals surface area contributed by atoms with Crippen LogP contribution in [0.25, 0.3) is 0 Å². The molecule has 2 aliphatic heterocycles. The predicted molar refractivity (Wildman–Crippen MR) is 106 cm³/mol. The van der Waals surface area contributed by atoms with Crippen molar-refractivity contribution in [2.45, 2.75) is 52.4 Å². The second kappa shape index (κ2) is 13.2. The average molecular weight is 382 g/mol. The monoisotopic (exact) mass is 381 g/mol. The van der Waals surface area contributed by atoms with Gasteiger partial charge in [0.2, 0.25) is 5.91 Å². The van der Waals surface area contributed by atoms with Crippen LogP contribution in [0.1, 0.15) is 52.4 Å². The topological polar surface area (TPSA) is 44.4 Å². The fourth-order valence-electron chi connectivity index (χ4n) is 3.95. The molecule has 2 N–H and O–H groups in total. The van der Waals surface area contributed by atoms with Gasteiger partial charge in [0, 0.05) is 13.0 Å². The first-order valence-electron chi connectivity index (χ1n) is 9.38. The maximum atomic E-state index is 12.1. The number of hydrogen-bond donors (Lipinski definition) is 2. The van der Waals surface area contributed by atoms with Gasteiger partial charge in [-0.3, -0.25) is 4.79 Å². The summed E-state index contributed by atoms with van der Waals surface area (Å²) in [6, 6.07) is 0. The van der Waals surface area contributed by atoms with E-state index in [2.05, 4.69) is 29.4 Å². The van der Waals surface area contributed by atoms with Crippen LogP contribution in [0.4, 0.5) is 0 Å². The van der Waals surface area contributed by atoms with E-state index in [1.807, 2.05) is 0 Å². The molecule has 2 aliphatic rings. The molecule has 24 heavy (non-hydrogen) atoms. The Bertz CT molecular complexity index is 330. The van der Waals surface area contributed by atoms with E-state index >= 15 is 0 Å². The van der Waals surface area contributed by atoms with Crippen LogP contribution >= 0.6 is 24.8 Å². The summed E-state index contributed by atoms with van der Waals surface area (Å²) in [4.78, 5) is 14.6. The van der Waals surface area contributed by atoms with Gasteiger partial charge in [0.15, 0.2) is 0 Å². The van der Waals surface area contributed by atoms with Gasteiger partial charge in [0.25, 0.3) is 0 Å². The van der Waals surface area contributed by atoms with E-state index < -0.39 is 0 Å². The zero-order chi connectivity index (χ0) is 15.8. The fraction of sp³-hybridized carbons (Fsp3) is 0.944. The summed E-state index contributed by atoms with van der Waals surface area (Å²) in [7, 11) is 0. The van der Waals surface area contributed by atoms with Crippen molar-refractivity contribution >= 4 is 30.7 Å². The van der Waals surface area contributed by atoms with Crippen molar-refractivity contribution in [2.24, 2.45) is 17.8 Å². The lowest BCUT2D eigenvalue weighted by Crippen LogP contribution is -2.36. The first-order chi connectivity index (χ1) is 10.7. The van der Waals surface area contributed by atoms with Crippen molar-refractivity contribution in [2.75, 3.05) is 39.3 Å². The van der Waals surface area contributed by atoms with Crippen molar-refractivity contribution in [3.05, 3.63) is 0 Å². The molecule has 2 saturated heterocycles. The molecule has 2 fully saturated rings. The summed E-state index contributed by atoms with van der Waals surface area (Å²) in [5, 5.41) is 6.55. The number of carbonyl (C=O) groups excluding carboxylic acids is 1. The highest BCUT2D eigenvalue weighted by Gasteiger charge is 2.22. The Hall–Kier alpha value is -0.0300. The van der Waals surface area contributed by atoms with Crippen LogP contribution in [0, 0.1) is 17.8 Å². The van der Waals surface area contributed by atoms with Gasteiger partial charge in [-0.25, -0.2) is 0 Å². The molecule has 0 aromatic rings. The van der Waals surface area contributed by atoms with Gasteiger partial charge in [-0.1, -0.05) is 13.8 Å². The summed E-state index contributed by atoms with van der Waals surface area (Å²) in [5.74, 6) is 2.32. The van der Waals surface area contributed by atoms with Crippen molar-refractivity contribution in [3.63, 3.8) is 0 Å². The lowest BCUT2D eigenvalue weighted by molar-refractivity contribution is -0.122. The molecule has 2 rings (SSSR count). The van der Waals surface area contributed by atoms with E-state index in [4.69, 9.17) is 0 Å². The third-order valence-electron chi connectivity index (χ3n) is 5.73. The third kappa shape index (κ3) is 8.37. The normalized spacial score (nSPS) is 21.4. The molecule has 0 spiro atoms. The Morgan fingerprint density at radius 1 is 1.17 bits per heavy atom. The molecule has 144 valence electrons. The minimum absolute atomic E-state index is 0. The van der Waals surface area contributed by atoms with Gasteiger partial charge in [-0.05, 0) is 82.6 Å². The number of halogens is 2. The molecule has 1 unspecified atom stereocenters. The van der Waals surface area contributed by atoms with Gasteiger partial charge in [-0.15, -0.1) is 24.8 Å². The number of carbonyl (C=O) groups is 1. The Labute approximate surface area is 160 Å². The second-order valence-corrected chi connectivity index (χ2v) is 7.29. The maximum absolute atomic E-state index is 12.1. The van der Waals surface area contributed by atoms with E-state index in [-0.39, 0.29) is 30.7 Å².